The molecule has 2 aromatic rings. The molecule has 0 bridgehead atoms. The van der Waals surface area contributed by atoms with Gasteiger partial charge in [-0.25, -0.2) is 4.79 Å². The van der Waals surface area contributed by atoms with Crippen molar-refractivity contribution in [3.05, 3.63) is 58.6 Å². The molecule has 5 fully saturated rings. The second kappa shape index (κ2) is 8.35. The molecule has 0 amide bonds. The zero-order chi connectivity index (χ0) is 25.3. The lowest BCUT2D eigenvalue weighted by Crippen LogP contribution is -2.58. The van der Waals surface area contributed by atoms with Crippen molar-refractivity contribution in [2.24, 2.45) is 28.6 Å². The fourth-order valence-corrected chi connectivity index (χ4v) is 9.23. The van der Waals surface area contributed by atoms with Gasteiger partial charge in [0.2, 0.25) is 0 Å². The van der Waals surface area contributed by atoms with Crippen LogP contribution in [-0.4, -0.2) is 33.1 Å². The summed E-state index contributed by atoms with van der Waals surface area (Å²) in [6.07, 6.45) is 11.1. The number of hydrogen-bond acceptors (Lipinski definition) is 6. The van der Waals surface area contributed by atoms with E-state index in [0.29, 0.717) is 29.3 Å². The maximum atomic E-state index is 11.4. The van der Waals surface area contributed by atoms with Crippen LogP contribution in [0, 0.1) is 28.6 Å². The first-order valence-corrected chi connectivity index (χ1v) is 13.6. The fraction of sp³-hybridized carbons (Fsp3) is 0.633. The van der Waals surface area contributed by atoms with Crippen LogP contribution in [0.3, 0.4) is 0 Å². The molecular formula is C30H38O6. The summed E-state index contributed by atoms with van der Waals surface area (Å²) in [5.41, 5.74) is 1.44. The first-order chi connectivity index (χ1) is 17.2. The van der Waals surface area contributed by atoms with Gasteiger partial charge in [-0.2, -0.15) is 0 Å². The summed E-state index contributed by atoms with van der Waals surface area (Å²) in [5, 5.41) is 27.5. The van der Waals surface area contributed by atoms with Crippen LogP contribution < -0.4 is 5.63 Å². The van der Waals surface area contributed by atoms with Crippen LogP contribution in [0.15, 0.2) is 51.9 Å². The molecule has 194 valence electrons. The van der Waals surface area contributed by atoms with Crippen LogP contribution in [0.4, 0.5) is 0 Å². The van der Waals surface area contributed by atoms with Crippen molar-refractivity contribution in [1.82, 2.24) is 0 Å². The number of ether oxygens (including phenoxy) is 1. The molecule has 7 rings (SSSR count). The zero-order valence-electron chi connectivity index (χ0n) is 21.2. The largest absolute Gasteiger partial charge is 0.508 e. The maximum absolute atomic E-state index is 11.4. The Kier molecular flexibility index (Phi) is 5.58. The summed E-state index contributed by atoms with van der Waals surface area (Å²) in [4.78, 5) is 11.4. The van der Waals surface area contributed by atoms with Crippen molar-refractivity contribution in [3.63, 3.8) is 0 Å². The Morgan fingerprint density at radius 1 is 0.917 bits per heavy atom. The van der Waals surface area contributed by atoms with Gasteiger partial charge in [-0.1, -0.05) is 19.9 Å². The van der Waals surface area contributed by atoms with Gasteiger partial charge in [0, 0.05) is 17.5 Å². The molecule has 36 heavy (non-hydrogen) atoms. The number of benzene rings is 1. The monoisotopic (exact) mass is 494 g/mol. The average molecular weight is 495 g/mol. The van der Waals surface area contributed by atoms with Gasteiger partial charge in [0.05, 0.1) is 18.5 Å². The van der Waals surface area contributed by atoms with Gasteiger partial charge >= 0.3 is 5.63 Å². The van der Waals surface area contributed by atoms with Gasteiger partial charge in [-0.05, 0) is 104 Å². The van der Waals surface area contributed by atoms with E-state index in [9.17, 15) is 9.90 Å². The molecule has 3 N–H and O–H groups in total. The minimum atomic E-state index is -0.266. The van der Waals surface area contributed by atoms with Gasteiger partial charge in [-0.3, -0.25) is 0 Å². The summed E-state index contributed by atoms with van der Waals surface area (Å²) in [7, 11) is 0. The van der Waals surface area contributed by atoms with Crippen LogP contribution >= 0.6 is 0 Å². The number of aromatic hydroxyl groups is 2. The first kappa shape index (κ1) is 24.1. The summed E-state index contributed by atoms with van der Waals surface area (Å²) in [5.74, 6) is 2.65. The second-order valence-corrected chi connectivity index (χ2v) is 12.5. The molecule has 2 heterocycles. The SMILES string of the molecule is C[C@]12CC[C@H](O)C[C@H]1CC[C@@H]1[C@@H]2CC[C@]2(C)[C@@H](c3ccc(=O)oc3)C[C@H]3O[C@]132.Oc1cccc(O)c1. The molecule has 1 saturated heterocycles. The Hall–Kier alpha value is -2.31. The Labute approximate surface area is 212 Å². The van der Waals surface area contributed by atoms with E-state index in [1.165, 1.54) is 55.9 Å². The summed E-state index contributed by atoms with van der Waals surface area (Å²) in [6.45, 7) is 4.97. The number of phenolic OH excluding ortho intramolecular Hbond substituents is 2. The van der Waals surface area contributed by atoms with Crippen molar-refractivity contribution in [2.45, 2.75) is 88.9 Å². The van der Waals surface area contributed by atoms with Gasteiger partial charge in [0.25, 0.3) is 0 Å². The third-order valence-corrected chi connectivity index (χ3v) is 11.0. The summed E-state index contributed by atoms with van der Waals surface area (Å²) >= 11 is 0. The summed E-state index contributed by atoms with van der Waals surface area (Å²) < 4.78 is 11.8. The lowest BCUT2D eigenvalue weighted by Gasteiger charge is -2.61. The van der Waals surface area contributed by atoms with E-state index in [4.69, 9.17) is 19.4 Å². The predicted molar refractivity (Wildman–Crippen MR) is 135 cm³/mol. The van der Waals surface area contributed by atoms with E-state index in [1.54, 1.807) is 18.4 Å². The van der Waals surface area contributed by atoms with Gasteiger partial charge in [0.15, 0.2) is 0 Å². The van der Waals surface area contributed by atoms with Gasteiger partial charge in [-0.15, -0.1) is 0 Å². The number of aliphatic hydroxyl groups is 1. The van der Waals surface area contributed by atoms with Crippen molar-refractivity contribution < 1.29 is 24.5 Å². The maximum Gasteiger partial charge on any atom is 0.335 e. The minimum absolute atomic E-state index is 0.0285. The molecule has 1 aromatic carbocycles. The van der Waals surface area contributed by atoms with Crippen LogP contribution in [-0.2, 0) is 4.74 Å². The third-order valence-electron chi connectivity index (χ3n) is 11.0. The number of phenols is 2. The Morgan fingerprint density at radius 2 is 1.69 bits per heavy atom. The highest BCUT2D eigenvalue weighted by Gasteiger charge is 2.80. The van der Waals surface area contributed by atoms with Crippen LogP contribution in [0.5, 0.6) is 11.5 Å². The average Bonchev–Trinajstić information content (AvgIpc) is 3.50. The molecule has 0 unspecified atom stereocenters. The summed E-state index contributed by atoms with van der Waals surface area (Å²) in [6, 6.07) is 9.40. The standard InChI is InChI=1S/C24H32O4.C6H6O2/c1-22-9-7-16(25)11-15(22)4-5-18-17(22)8-10-23(2)19(12-20-24(18,23)28-20)14-3-6-21(26)27-13-14;7-5-2-1-3-6(8)4-5/h3,6,13,15-20,25H,4-5,7-12H2,1-2H3;1-4,7-8H/t15-,16+,17+,18-,19-,20-,22+,23-,24-;/m1./s1. The number of fused-ring (bicyclic) bond motifs is 3. The van der Waals surface area contributed by atoms with Gasteiger partial charge < -0.3 is 24.5 Å². The first-order valence-electron chi connectivity index (χ1n) is 13.6. The van der Waals surface area contributed by atoms with E-state index in [1.807, 2.05) is 6.07 Å². The predicted octanol–water partition coefficient (Wildman–Crippen LogP) is 5.36. The van der Waals surface area contributed by atoms with E-state index < -0.39 is 0 Å². The molecule has 4 aliphatic carbocycles. The zero-order valence-corrected chi connectivity index (χ0v) is 21.2. The van der Waals surface area contributed by atoms with Crippen molar-refractivity contribution in [1.29, 1.82) is 0 Å². The topological polar surface area (TPSA) is 103 Å². The van der Waals surface area contributed by atoms with Crippen molar-refractivity contribution in [3.8, 4) is 11.5 Å². The molecule has 5 aliphatic rings. The Morgan fingerprint density at radius 3 is 2.36 bits per heavy atom. The number of hydrogen-bond donors (Lipinski definition) is 3. The van der Waals surface area contributed by atoms with Crippen LogP contribution in [0.2, 0.25) is 0 Å². The molecule has 6 heteroatoms. The molecule has 1 aromatic heterocycles. The number of rotatable bonds is 1. The fourth-order valence-electron chi connectivity index (χ4n) is 9.23. The smallest absolute Gasteiger partial charge is 0.335 e. The molecule has 4 saturated carbocycles. The molecule has 1 aliphatic heterocycles. The lowest BCUT2D eigenvalue weighted by atomic mass is 9.44. The Balaban J connectivity index is 0.000000258. The molecule has 6 nitrogen and oxygen atoms in total. The number of aliphatic hydroxyl groups excluding tert-OH is 1. The second-order valence-electron chi connectivity index (χ2n) is 12.5. The molecular weight excluding hydrogens is 456 g/mol. The highest BCUT2D eigenvalue weighted by molar-refractivity contribution is 5.35. The van der Waals surface area contributed by atoms with E-state index >= 15 is 0 Å². The third kappa shape index (κ3) is 3.47. The van der Waals surface area contributed by atoms with E-state index in [2.05, 4.69) is 13.8 Å². The Bertz CT molecular complexity index is 1150. The normalized spacial score (nSPS) is 44.2. The lowest BCUT2D eigenvalue weighted by molar-refractivity contribution is -0.139. The number of epoxide rings is 1. The quantitative estimate of drug-likeness (QED) is 0.462. The minimum Gasteiger partial charge on any atom is -0.508 e. The van der Waals surface area contributed by atoms with E-state index in [-0.39, 0.29) is 34.2 Å². The highest BCUT2D eigenvalue weighted by atomic mass is 16.6. The highest BCUT2D eigenvalue weighted by Crippen LogP contribution is 2.77. The van der Waals surface area contributed by atoms with Gasteiger partial charge in [0.1, 0.15) is 17.1 Å². The van der Waals surface area contributed by atoms with Crippen molar-refractivity contribution >= 4 is 0 Å². The molecule has 0 radical (unpaired) electrons. The molecule has 9 atom stereocenters. The van der Waals surface area contributed by atoms with E-state index in [0.717, 1.165) is 25.2 Å². The molecule has 1 spiro atoms. The van der Waals surface area contributed by atoms with Crippen LogP contribution in [0.25, 0.3) is 0 Å². The van der Waals surface area contributed by atoms with Crippen molar-refractivity contribution in [2.75, 3.05) is 0 Å². The van der Waals surface area contributed by atoms with Crippen LogP contribution in [0.1, 0.15) is 76.7 Å².